The highest BCUT2D eigenvalue weighted by molar-refractivity contribution is 5.81. The molecule has 0 unspecified atom stereocenters. The maximum atomic E-state index is 10.8. The number of carbonyl (C=O) groups is 2. The third-order valence-electron chi connectivity index (χ3n) is 1.57. The summed E-state index contributed by atoms with van der Waals surface area (Å²) in [6.07, 6.45) is 0. The monoisotopic (exact) mass is 159 g/mol. The summed E-state index contributed by atoms with van der Waals surface area (Å²) in [6.45, 7) is 5.04. The van der Waals surface area contributed by atoms with Crippen LogP contribution in [0.4, 0.5) is 0 Å². The molecule has 0 saturated carbocycles. The maximum absolute atomic E-state index is 10.8. The first-order chi connectivity index (χ1) is 5.00. The number of hydrogen-bond acceptors (Lipinski definition) is 2. The van der Waals surface area contributed by atoms with Crippen molar-refractivity contribution in [3.63, 3.8) is 0 Å². The molecule has 0 saturated heterocycles. The van der Waals surface area contributed by atoms with Crippen molar-refractivity contribution in [2.45, 2.75) is 26.8 Å². The summed E-state index contributed by atoms with van der Waals surface area (Å²) in [5, 5.41) is 8.54. The summed E-state index contributed by atoms with van der Waals surface area (Å²) < 4.78 is 0. The normalized spacial score (nSPS) is 12.3. The molecule has 0 aliphatic heterocycles. The molecule has 4 heteroatoms. The van der Waals surface area contributed by atoms with Crippen LogP contribution in [0.15, 0.2) is 0 Å². The Labute approximate surface area is 65.8 Å². The van der Waals surface area contributed by atoms with Crippen LogP contribution < -0.4 is 0 Å². The van der Waals surface area contributed by atoms with Gasteiger partial charge in [0.2, 0.25) is 5.91 Å². The molecular weight excluding hydrogens is 146 g/mol. The number of carbonyl (C=O) groups excluding carboxylic acids is 1. The molecule has 0 heterocycles. The van der Waals surface area contributed by atoms with E-state index in [2.05, 4.69) is 0 Å². The highest BCUT2D eigenvalue weighted by Crippen LogP contribution is 1.98. The average Bonchev–Trinajstić information content (AvgIpc) is 1.88. The second-order valence-corrected chi connectivity index (χ2v) is 2.32. The molecule has 11 heavy (non-hydrogen) atoms. The summed E-state index contributed by atoms with van der Waals surface area (Å²) >= 11 is 0. The number of aliphatic carboxylic acids is 1. The number of carboxylic acid groups (broad SMARTS) is 1. The van der Waals surface area contributed by atoms with E-state index in [1.54, 1.807) is 6.92 Å². The lowest BCUT2D eigenvalue weighted by Gasteiger charge is -2.22. The molecule has 0 aromatic rings. The highest BCUT2D eigenvalue weighted by Gasteiger charge is 2.20. The van der Waals surface area contributed by atoms with E-state index in [0.717, 1.165) is 0 Å². The molecule has 0 aliphatic rings. The second kappa shape index (κ2) is 3.95. The van der Waals surface area contributed by atoms with Crippen LogP contribution in [0.3, 0.4) is 0 Å². The molecule has 0 spiro atoms. The van der Waals surface area contributed by atoms with Crippen molar-refractivity contribution in [1.82, 2.24) is 4.90 Å². The summed E-state index contributed by atoms with van der Waals surface area (Å²) in [6, 6.07) is -0.725. The van der Waals surface area contributed by atoms with Gasteiger partial charge in [-0.05, 0) is 13.8 Å². The van der Waals surface area contributed by atoms with Crippen LogP contribution in [0.2, 0.25) is 0 Å². The SMILES string of the molecule is CCN(C(C)=O)[C@@H](C)C(=O)O. The van der Waals surface area contributed by atoms with E-state index in [0.29, 0.717) is 6.54 Å². The van der Waals surface area contributed by atoms with Gasteiger partial charge in [0.15, 0.2) is 0 Å². The zero-order valence-electron chi connectivity index (χ0n) is 7.00. The molecule has 1 atom stereocenters. The number of carboxylic acids is 1. The molecule has 4 nitrogen and oxygen atoms in total. The van der Waals surface area contributed by atoms with Crippen LogP contribution >= 0.6 is 0 Å². The van der Waals surface area contributed by atoms with Crippen molar-refractivity contribution >= 4 is 11.9 Å². The van der Waals surface area contributed by atoms with Crippen molar-refractivity contribution in [3.05, 3.63) is 0 Å². The Morgan fingerprint density at radius 3 is 2.09 bits per heavy atom. The van der Waals surface area contributed by atoms with Gasteiger partial charge in [-0.15, -0.1) is 0 Å². The molecule has 0 aromatic heterocycles. The lowest BCUT2D eigenvalue weighted by molar-refractivity contribution is -0.148. The Kier molecular flexibility index (Phi) is 3.57. The quantitative estimate of drug-likeness (QED) is 0.645. The van der Waals surface area contributed by atoms with Crippen molar-refractivity contribution in [1.29, 1.82) is 0 Å². The Balaban J connectivity index is 4.25. The lowest BCUT2D eigenvalue weighted by Crippen LogP contribution is -2.41. The van der Waals surface area contributed by atoms with Crippen LogP contribution in [0, 0.1) is 0 Å². The predicted molar refractivity (Wildman–Crippen MR) is 40.2 cm³/mol. The first kappa shape index (κ1) is 9.94. The van der Waals surface area contributed by atoms with Crippen molar-refractivity contribution < 1.29 is 14.7 Å². The summed E-state index contributed by atoms with van der Waals surface area (Å²) in [5.41, 5.74) is 0. The van der Waals surface area contributed by atoms with Gasteiger partial charge in [0.05, 0.1) is 0 Å². The minimum atomic E-state index is -0.970. The largest absolute Gasteiger partial charge is 0.480 e. The maximum Gasteiger partial charge on any atom is 0.326 e. The molecular formula is C7H13NO3. The van der Waals surface area contributed by atoms with Gasteiger partial charge in [-0.2, -0.15) is 0 Å². The number of nitrogens with zero attached hydrogens (tertiary/aromatic N) is 1. The second-order valence-electron chi connectivity index (χ2n) is 2.32. The van der Waals surface area contributed by atoms with Crippen molar-refractivity contribution in [2.24, 2.45) is 0 Å². The van der Waals surface area contributed by atoms with Crippen LogP contribution in [0.5, 0.6) is 0 Å². The Bertz CT molecular complexity index is 167. The fourth-order valence-electron chi connectivity index (χ4n) is 0.903. The van der Waals surface area contributed by atoms with E-state index in [1.165, 1.54) is 18.7 Å². The number of rotatable bonds is 3. The summed E-state index contributed by atoms with van der Waals surface area (Å²) in [7, 11) is 0. The van der Waals surface area contributed by atoms with E-state index >= 15 is 0 Å². The Hall–Kier alpha value is -1.06. The number of hydrogen-bond donors (Lipinski definition) is 1. The van der Waals surface area contributed by atoms with Crippen LogP contribution in [0.1, 0.15) is 20.8 Å². The standard InChI is InChI=1S/C7H13NO3/c1-4-8(6(3)9)5(2)7(10)11/h5H,4H2,1-3H3,(H,10,11)/t5-/m0/s1. The van der Waals surface area contributed by atoms with Crippen LogP contribution in [-0.4, -0.2) is 34.5 Å². The van der Waals surface area contributed by atoms with E-state index in [4.69, 9.17) is 5.11 Å². The summed E-state index contributed by atoms with van der Waals surface area (Å²) in [4.78, 5) is 22.5. The smallest absolute Gasteiger partial charge is 0.326 e. The van der Waals surface area contributed by atoms with Gasteiger partial charge >= 0.3 is 5.97 Å². The van der Waals surface area contributed by atoms with Gasteiger partial charge in [-0.1, -0.05) is 0 Å². The highest BCUT2D eigenvalue weighted by atomic mass is 16.4. The Morgan fingerprint density at radius 1 is 1.55 bits per heavy atom. The van der Waals surface area contributed by atoms with Gasteiger partial charge in [0, 0.05) is 13.5 Å². The fraction of sp³-hybridized carbons (Fsp3) is 0.714. The zero-order chi connectivity index (χ0) is 9.02. The molecule has 64 valence electrons. The van der Waals surface area contributed by atoms with E-state index in [-0.39, 0.29) is 5.91 Å². The molecule has 0 aromatic carbocycles. The molecule has 1 N–H and O–H groups in total. The third-order valence-corrected chi connectivity index (χ3v) is 1.57. The average molecular weight is 159 g/mol. The van der Waals surface area contributed by atoms with Crippen LogP contribution in [0.25, 0.3) is 0 Å². The van der Waals surface area contributed by atoms with Gasteiger partial charge < -0.3 is 10.0 Å². The van der Waals surface area contributed by atoms with Crippen molar-refractivity contribution in [3.8, 4) is 0 Å². The number of likely N-dealkylation sites (N-methyl/N-ethyl adjacent to an activating group) is 1. The fourth-order valence-corrected chi connectivity index (χ4v) is 0.903. The summed E-state index contributed by atoms with van der Waals surface area (Å²) in [5.74, 6) is -1.18. The number of amides is 1. The van der Waals surface area contributed by atoms with Gasteiger partial charge in [0.1, 0.15) is 6.04 Å². The molecule has 0 radical (unpaired) electrons. The molecule has 0 rings (SSSR count). The molecule has 1 amide bonds. The first-order valence-electron chi connectivity index (χ1n) is 3.50. The molecule has 0 fully saturated rings. The lowest BCUT2D eigenvalue weighted by atomic mass is 10.3. The van der Waals surface area contributed by atoms with Gasteiger partial charge in [-0.3, -0.25) is 4.79 Å². The van der Waals surface area contributed by atoms with Crippen LogP contribution in [-0.2, 0) is 9.59 Å². The molecule has 0 aliphatic carbocycles. The minimum absolute atomic E-state index is 0.206. The zero-order valence-corrected chi connectivity index (χ0v) is 7.00. The minimum Gasteiger partial charge on any atom is -0.480 e. The van der Waals surface area contributed by atoms with Gasteiger partial charge in [0.25, 0.3) is 0 Å². The topological polar surface area (TPSA) is 57.6 Å². The Morgan fingerprint density at radius 2 is 2.00 bits per heavy atom. The predicted octanol–water partition coefficient (Wildman–Crippen LogP) is 0.328. The first-order valence-corrected chi connectivity index (χ1v) is 3.50. The van der Waals surface area contributed by atoms with Crippen molar-refractivity contribution in [2.75, 3.05) is 6.54 Å². The molecule has 0 bridgehead atoms. The third kappa shape index (κ3) is 2.57. The van der Waals surface area contributed by atoms with E-state index in [1.807, 2.05) is 0 Å². The van der Waals surface area contributed by atoms with E-state index < -0.39 is 12.0 Å². The van der Waals surface area contributed by atoms with Gasteiger partial charge in [-0.25, -0.2) is 4.79 Å². The van der Waals surface area contributed by atoms with E-state index in [9.17, 15) is 9.59 Å².